The van der Waals surface area contributed by atoms with Crippen molar-refractivity contribution in [2.45, 2.75) is 45.1 Å². The molecule has 1 unspecified atom stereocenters. The Morgan fingerprint density at radius 3 is 2.85 bits per heavy atom. The fraction of sp³-hybridized carbons (Fsp3) is 0.562. The van der Waals surface area contributed by atoms with Gasteiger partial charge in [0.2, 0.25) is 0 Å². The van der Waals surface area contributed by atoms with E-state index in [0.29, 0.717) is 23.0 Å². The largest absolute Gasteiger partial charge is 0.497 e. The Hall–Kier alpha value is -1.71. The fourth-order valence-electron chi connectivity index (χ4n) is 2.89. The van der Waals surface area contributed by atoms with Crippen molar-refractivity contribution in [3.05, 3.63) is 23.8 Å². The molecule has 0 radical (unpaired) electrons. The number of benzene rings is 1. The van der Waals surface area contributed by atoms with Crippen LogP contribution in [0.4, 0.5) is 5.69 Å². The van der Waals surface area contributed by atoms with Crippen LogP contribution in [0.1, 0.15) is 49.4 Å². The van der Waals surface area contributed by atoms with Crippen molar-refractivity contribution in [2.24, 2.45) is 0 Å². The average molecular weight is 276 g/mol. The van der Waals surface area contributed by atoms with Crippen molar-refractivity contribution in [2.75, 3.05) is 19.4 Å². The summed E-state index contributed by atoms with van der Waals surface area (Å²) in [5, 5.41) is 0. The minimum Gasteiger partial charge on any atom is -0.497 e. The van der Waals surface area contributed by atoms with Crippen LogP contribution >= 0.6 is 0 Å². The minimum absolute atomic E-state index is 0.0545. The van der Waals surface area contributed by atoms with Gasteiger partial charge in [-0.2, -0.15) is 0 Å². The van der Waals surface area contributed by atoms with Gasteiger partial charge in [0, 0.05) is 24.3 Å². The van der Waals surface area contributed by atoms with Crippen molar-refractivity contribution < 1.29 is 9.53 Å². The van der Waals surface area contributed by atoms with Gasteiger partial charge in [0.25, 0.3) is 5.91 Å². The number of nitrogens with two attached hydrogens (primary N) is 1. The summed E-state index contributed by atoms with van der Waals surface area (Å²) in [4.78, 5) is 14.8. The number of methoxy groups -OCH3 is 1. The van der Waals surface area contributed by atoms with Crippen molar-refractivity contribution in [1.82, 2.24) is 4.90 Å². The van der Waals surface area contributed by atoms with Gasteiger partial charge in [-0.3, -0.25) is 4.79 Å². The molecule has 0 aromatic heterocycles. The summed E-state index contributed by atoms with van der Waals surface area (Å²) in [6, 6.07) is 5.62. The van der Waals surface area contributed by atoms with E-state index in [1.165, 1.54) is 12.8 Å². The first-order valence-electron chi connectivity index (χ1n) is 7.41. The molecule has 2 rings (SSSR count). The summed E-state index contributed by atoms with van der Waals surface area (Å²) >= 11 is 0. The van der Waals surface area contributed by atoms with Crippen LogP contribution in [0, 0.1) is 0 Å². The van der Waals surface area contributed by atoms with E-state index in [-0.39, 0.29) is 5.91 Å². The van der Waals surface area contributed by atoms with E-state index in [0.717, 1.165) is 25.8 Å². The third-order valence-corrected chi connectivity index (χ3v) is 4.10. The van der Waals surface area contributed by atoms with Gasteiger partial charge in [-0.05, 0) is 31.4 Å². The van der Waals surface area contributed by atoms with E-state index in [9.17, 15) is 4.79 Å². The van der Waals surface area contributed by atoms with Gasteiger partial charge in [-0.1, -0.05) is 19.8 Å². The normalized spacial score (nSPS) is 19.5. The van der Waals surface area contributed by atoms with Crippen LogP contribution in [0.25, 0.3) is 0 Å². The van der Waals surface area contributed by atoms with Crippen LogP contribution in [0.3, 0.4) is 0 Å². The Morgan fingerprint density at radius 2 is 2.20 bits per heavy atom. The molecule has 1 aliphatic rings. The van der Waals surface area contributed by atoms with Gasteiger partial charge in [-0.25, -0.2) is 0 Å². The van der Waals surface area contributed by atoms with Gasteiger partial charge < -0.3 is 15.4 Å². The Morgan fingerprint density at radius 1 is 1.40 bits per heavy atom. The highest BCUT2D eigenvalue weighted by atomic mass is 16.5. The molecule has 2 N–H and O–H groups in total. The van der Waals surface area contributed by atoms with E-state index in [1.54, 1.807) is 25.3 Å². The zero-order valence-electron chi connectivity index (χ0n) is 12.4. The third kappa shape index (κ3) is 3.06. The summed E-state index contributed by atoms with van der Waals surface area (Å²) in [6.07, 6.45) is 5.59. The molecule has 1 aliphatic heterocycles. The zero-order chi connectivity index (χ0) is 14.5. The average Bonchev–Trinajstić information content (AvgIpc) is 2.71. The molecule has 20 heavy (non-hydrogen) atoms. The Balaban J connectivity index is 2.24. The summed E-state index contributed by atoms with van der Waals surface area (Å²) in [7, 11) is 1.60. The van der Waals surface area contributed by atoms with E-state index < -0.39 is 0 Å². The maximum Gasteiger partial charge on any atom is 0.256 e. The van der Waals surface area contributed by atoms with Gasteiger partial charge in [-0.15, -0.1) is 0 Å². The van der Waals surface area contributed by atoms with E-state index in [1.807, 2.05) is 4.90 Å². The van der Waals surface area contributed by atoms with Gasteiger partial charge in [0.1, 0.15) is 5.75 Å². The highest BCUT2D eigenvalue weighted by Gasteiger charge is 2.26. The van der Waals surface area contributed by atoms with Crippen molar-refractivity contribution in [1.29, 1.82) is 0 Å². The lowest BCUT2D eigenvalue weighted by molar-refractivity contribution is 0.0679. The molecule has 4 heteroatoms. The molecule has 4 nitrogen and oxygen atoms in total. The Bertz CT molecular complexity index is 474. The second-order valence-corrected chi connectivity index (χ2v) is 5.36. The lowest BCUT2D eigenvalue weighted by Crippen LogP contribution is -2.39. The molecular weight excluding hydrogens is 252 g/mol. The third-order valence-electron chi connectivity index (χ3n) is 4.10. The lowest BCUT2D eigenvalue weighted by atomic mass is 10.1. The van der Waals surface area contributed by atoms with Gasteiger partial charge >= 0.3 is 0 Å². The molecule has 0 bridgehead atoms. The topological polar surface area (TPSA) is 55.6 Å². The first-order valence-corrected chi connectivity index (χ1v) is 7.41. The molecule has 0 aliphatic carbocycles. The molecule has 1 aromatic rings. The number of carbonyl (C=O) groups excluding carboxylic acids is 1. The summed E-state index contributed by atoms with van der Waals surface area (Å²) in [5.41, 5.74) is 7.09. The smallest absolute Gasteiger partial charge is 0.256 e. The highest BCUT2D eigenvalue weighted by molar-refractivity contribution is 5.99. The number of carbonyl (C=O) groups is 1. The zero-order valence-corrected chi connectivity index (χ0v) is 12.4. The number of likely N-dealkylation sites (tertiary alicyclic amines) is 1. The Kier molecular flexibility index (Phi) is 4.88. The second kappa shape index (κ2) is 6.64. The number of ether oxygens (including phenoxy) is 1. The minimum atomic E-state index is 0.0545. The number of amides is 1. The highest BCUT2D eigenvalue weighted by Crippen LogP contribution is 2.25. The van der Waals surface area contributed by atoms with E-state index in [2.05, 4.69) is 6.92 Å². The first-order chi connectivity index (χ1) is 9.67. The fourth-order valence-corrected chi connectivity index (χ4v) is 2.89. The molecule has 1 aromatic carbocycles. The molecule has 1 fully saturated rings. The van der Waals surface area contributed by atoms with Gasteiger partial charge in [0.15, 0.2) is 0 Å². The van der Waals surface area contributed by atoms with Crippen LogP contribution in [0.15, 0.2) is 18.2 Å². The molecule has 1 atom stereocenters. The molecule has 1 saturated heterocycles. The maximum atomic E-state index is 12.7. The van der Waals surface area contributed by atoms with E-state index >= 15 is 0 Å². The second-order valence-electron chi connectivity index (χ2n) is 5.36. The number of nitrogen functional groups attached to an aromatic ring is 1. The number of rotatable bonds is 3. The molecule has 0 saturated carbocycles. The van der Waals surface area contributed by atoms with Crippen molar-refractivity contribution in [3.8, 4) is 5.75 Å². The van der Waals surface area contributed by atoms with E-state index in [4.69, 9.17) is 10.5 Å². The van der Waals surface area contributed by atoms with Crippen LogP contribution in [0.5, 0.6) is 5.75 Å². The number of nitrogens with zero attached hydrogens (tertiary/aromatic N) is 1. The predicted molar refractivity (Wildman–Crippen MR) is 81.0 cm³/mol. The number of hydrogen-bond donors (Lipinski definition) is 1. The van der Waals surface area contributed by atoms with Crippen LogP contribution in [-0.4, -0.2) is 30.5 Å². The maximum absolute atomic E-state index is 12.7. The monoisotopic (exact) mass is 276 g/mol. The van der Waals surface area contributed by atoms with Crippen molar-refractivity contribution >= 4 is 11.6 Å². The lowest BCUT2D eigenvalue weighted by Gasteiger charge is -2.29. The SMILES string of the molecule is CCC1CCCCCN1C(=O)c1ccc(OC)cc1N. The van der Waals surface area contributed by atoms with Crippen LogP contribution in [-0.2, 0) is 0 Å². The molecule has 110 valence electrons. The molecular formula is C16H24N2O2. The first kappa shape index (κ1) is 14.7. The number of hydrogen-bond acceptors (Lipinski definition) is 3. The quantitative estimate of drug-likeness (QED) is 0.863. The van der Waals surface area contributed by atoms with Crippen LogP contribution in [0.2, 0.25) is 0 Å². The van der Waals surface area contributed by atoms with Crippen LogP contribution < -0.4 is 10.5 Å². The van der Waals surface area contributed by atoms with Crippen molar-refractivity contribution in [3.63, 3.8) is 0 Å². The summed E-state index contributed by atoms with van der Waals surface area (Å²) in [6.45, 7) is 2.98. The molecule has 1 amide bonds. The number of anilines is 1. The Labute approximate surface area is 120 Å². The molecule has 0 spiro atoms. The summed E-state index contributed by atoms with van der Waals surface area (Å²) < 4.78 is 5.13. The standard InChI is InChI=1S/C16H24N2O2/c1-3-12-7-5-4-6-10-18(12)16(19)14-9-8-13(20-2)11-15(14)17/h8-9,11-12H,3-7,10,17H2,1-2H3. The summed E-state index contributed by atoms with van der Waals surface area (Å²) in [5.74, 6) is 0.737. The molecule has 1 heterocycles. The van der Waals surface area contributed by atoms with Gasteiger partial charge in [0.05, 0.1) is 12.7 Å². The predicted octanol–water partition coefficient (Wildman–Crippen LogP) is 3.07.